The molecule has 11 nitrogen and oxygen atoms in total. The van der Waals surface area contributed by atoms with Crippen LogP contribution in [0.5, 0.6) is 0 Å². The summed E-state index contributed by atoms with van der Waals surface area (Å²) >= 11 is 0. The van der Waals surface area contributed by atoms with Gasteiger partial charge in [-0.25, -0.2) is 4.98 Å². The number of amides is 3. The maximum Gasteiger partial charge on any atom is 0.243 e. The molecule has 3 amide bonds. The highest BCUT2D eigenvalue weighted by atomic mass is 16.2. The van der Waals surface area contributed by atoms with Crippen LogP contribution < -0.4 is 33.2 Å². The number of nitrogens with zero attached hydrogens (tertiary/aromatic N) is 1. The molecule has 1 heterocycles. The lowest BCUT2D eigenvalue weighted by atomic mass is 9.99. The molecule has 0 aromatic carbocycles. The number of rotatable bonds is 14. The summed E-state index contributed by atoms with van der Waals surface area (Å²) in [4.78, 5) is 44.0. The summed E-state index contributed by atoms with van der Waals surface area (Å²) in [6.07, 6.45) is 4.75. The van der Waals surface area contributed by atoms with Crippen molar-refractivity contribution in [1.82, 2.24) is 25.9 Å². The average molecular weight is 426 g/mol. The predicted molar refractivity (Wildman–Crippen MR) is 112 cm³/mol. The fourth-order valence-electron chi connectivity index (χ4n) is 2.95. The highest BCUT2D eigenvalue weighted by Crippen LogP contribution is 2.10. The first-order valence-corrected chi connectivity index (χ1v) is 10.3. The van der Waals surface area contributed by atoms with Crippen molar-refractivity contribution in [1.29, 1.82) is 0 Å². The van der Waals surface area contributed by atoms with E-state index in [1.54, 1.807) is 6.20 Å². The van der Waals surface area contributed by atoms with Gasteiger partial charge in [-0.15, -0.1) is 0 Å². The Bertz CT molecular complexity index is 663. The molecular formula is C19H37N8O3+. The summed E-state index contributed by atoms with van der Waals surface area (Å²) in [5.41, 5.74) is 15.3. The Kier molecular flexibility index (Phi) is 11.0. The van der Waals surface area contributed by atoms with Crippen molar-refractivity contribution in [3.8, 4) is 0 Å². The lowest BCUT2D eigenvalue weighted by Gasteiger charge is -2.24. The minimum atomic E-state index is -0.903. The molecule has 0 saturated carbocycles. The fraction of sp³-hybridized carbons (Fsp3) is 0.684. The van der Waals surface area contributed by atoms with Crippen LogP contribution in [0.4, 0.5) is 0 Å². The van der Waals surface area contributed by atoms with Crippen molar-refractivity contribution >= 4 is 17.7 Å². The van der Waals surface area contributed by atoms with Crippen LogP contribution in [0.15, 0.2) is 12.5 Å². The molecule has 170 valence electrons. The Labute approximate surface area is 177 Å². The van der Waals surface area contributed by atoms with Crippen LogP contribution in [0.25, 0.3) is 0 Å². The summed E-state index contributed by atoms with van der Waals surface area (Å²) in [5.74, 6) is -1.40. The standard InChI is InChI=1S/C19H36N8O3/c1-11(2)7-15(27-17(29)12(3)5-4-6-24-19(21)22)18(30)26-14(16(20)28)8-13-9-23-10-25-13/h9-12,14-15,19,24H,4-8,21-22H2,1-3H3,(H2,20,28)(H,23,25)(H,26,30)(H,27,29)/p+1. The molecule has 0 spiro atoms. The molecule has 0 bridgehead atoms. The van der Waals surface area contributed by atoms with Crippen molar-refractivity contribution < 1.29 is 20.1 Å². The third-order valence-electron chi connectivity index (χ3n) is 4.65. The van der Waals surface area contributed by atoms with E-state index in [2.05, 4.69) is 31.7 Å². The molecule has 0 radical (unpaired) electrons. The number of nitrogens with two attached hydrogens (primary N) is 2. The number of aromatic nitrogens is 2. The number of hydrogen-bond acceptors (Lipinski definition) is 6. The number of H-pyrrole nitrogens is 1. The van der Waals surface area contributed by atoms with Crippen LogP contribution >= 0.6 is 0 Å². The lowest BCUT2D eigenvalue weighted by molar-refractivity contribution is -0.427. The highest BCUT2D eigenvalue weighted by Gasteiger charge is 2.28. The van der Waals surface area contributed by atoms with E-state index in [4.69, 9.17) is 11.5 Å². The SMILES string of the molecule is CC(C)CC(NC(=O)C(C)CCCNC(N)[NH3+])C(=O)NC(Cc1cnc[nH]1)C(N)=O. The molecule has 0 aliphatic carbocycles. The Morgan fingerprint density at radius 2 is 1.83 bits per heavy atom. The maximum absolute atomic E-state index is 12.8. The topological polar surface area (TPSA) is 196 Å². The van der Waals surface area contributed by atoms with Gasteiger partial charge in [-0.1, -0.05) is 20.8 Å². The Balaban J connectivity index is 2.68. The van der Waals surface area contributed by atoms with E-state index in [-0.39, 0.29) is 30.5 Å². The zero-order valence-electron chi connectivity index (χ0n) is 18.1. The molecule has 0 aliphatic heterocycles. The van der Waals surface area contributed by atoms with Gasteiger partial charge in [0.2, 0.25) is 17.7 Å². The van der Waals surface area contributed by atoms with Crippen LogP contribution in [0.2, 0.25) is 0 Å². The van der Waals surface area contributed by atoms with Gasteiger partial charge in [-0.05, 0) is 25.2 Å². The lowest BCUT2D eigenvalue weighted by Crippen LogP contribution is -2.73. The Hall–Kier alpha value is -2.50. The van der Waals surface area contributed by atoms with Gasteiger partial charge in [-0.2, -0.15) is 0 Å². The zero-order valence-corrected chi connectivity index (χ0v) is 18.1. The second kappa shape index (κ2) is 12.9. The minimum Gasteiger partial charge on any atom is -0.368 e. The summed E-state index contributed by atoms with van der Waals surface area (Å²) in [7, 11) is 0. The van der Waals surface area contributed by atoms with Crippen molar-refractivity contribution in [2.45, 2.75) is 64.8 Å². The summed E-state index contributed by atoms with van der Waals surface area (Å²) < 4.78 is 0. The molecule has 0 aliphatic rings. The van der Waals surface area contributed by atoms with Gasteiger partial charge in [0.1, 0.15) is 12.1 Å². The summed E-state index contributed by atoms with van der Waals surface area (Å²) in [6.45, 7) is 6.39. The van der Waals surface area contributed by atoms with Gasteiger partial charge < -0.3 is 27.1 Å². The minimum absolute atomic E-state index is 0.165. The van der Waals surface area contributed by atoms with Gasteiger partial charge in [0.25, 0.3) is 0 Å². The smallest absolute Gasteiger partial charge is 0.243 e. The van der Waals surface area contributed by atoms with Crippen LogP contribution in [0.1, 0.15) is 45.7 Å². The van der Waals surface area contributed by atoms with Gasteiger partial charge >= 0.3 is 0 Å². The quantitative estimate of drug-likeness (QED) is 0.132. The molecule has 0 fully saturated rings. The third kappa shape index (κ3) is 9.81. The third-order valence-corrected chi connectivity index (χ3v) is 4.65. The number of hydrogen-bond donors (Lipinski definition) is 7. The maximum atomic E-state index is 12.8. The van der Waals surface area contributed by atoms with Crippen LogP contribution in [0, 0.1) is 11.8 Å². The zero-order chi connectivity index (χ0) is 22.7. The highest BCUT2D eigenvalue weighted by molar-refractivity contribution is 5.92. The van der Waals surface area contributed by atoms with E-state index >= 15 is 0 Å². The van der Waals surface area contributed by atoms with Crippen molar-refractivity contribution in [2.24, 2.45) is 23.3 Å². The van der Waals surface area contributed by atoms with Crippen LogP contribution in [-0.4, -0.2) is 52.6 Å². The van der Waals surface area contributed by atoms with Gasteiger partial charge in [-0.3, -0.25) is 25.4 Å². The Morgan fingerprint density at radius 3 is 2.37 bits per heavy atom. The van der Waals surface area contributed by atoms with E-state index in [1.165, 1.54) is 6.33 Å². The average Bonchev–Trinajstić information content (AvgIpc) is 3.16. The van der Waals surface area contributed by atoms with Gasteiger partial charge in [0.05, 0.1) is 6.33 Å². The Morgan fingerprint density at radius 1 is 1.17 bits per heavy atom. The van der Waals surface area contributed by atoms with Crippen molar-refractivity contribution in [3.63, 3.8) is 0 Å². The molecule has 0 saturated heterocycles. The van der Waals surface area contributed by atoms with Crippen LogP contribution in [0.3, 0.4) is 0 Å². The van der Waals surface area contributed by atoms with Gasteiger partial charge in [0, 0.05) is 30.8 Å². The van der Waals surface area contributed by atoms with E-state index < -0.39 is 23.9 Å². The van der Waals surface area contributed by atoms with E-state index in [1.807, 2.05) is 20.8 Å². The number of aromatic amines is 1. The first kappa shape index (κ1) is 25.5. The largest absolute Gasteiger partial charge is 0.368 e. The predicted octanol–water partition coefficient (Wildman–Crippen LogP) is -2.06. The fourth-order valence-corrected chi connectivity index (χ4v) is 2.95. The molecule has 11 N–H and O–H groups in total. The van der Waals surface area contributed by atoms with E-state index in [0.717, 1.165) is 6.42 Å². The number of imidazole rings is 1. The molecule has 11 heteroatoms. The molecule has 4 unspecified atom stereocenters. The molecular weight excluding hydrogens is 388 g/mol. The molecule has 30 heavy (non-hydrogen) atoms. The van der Waals surface area contributed by atoms with E-state index in [9.17, 15) is 14.4 Å². The second-order valence-electron chi connectivity index (χ2n) is 8.04. The molecule has 1 rings (SSSR count). The second-order valence-corrected chi connectivity index (χ2v) is 8.04. The first-order valence-electron chi connectivity index (χ1n) is 10.3. The number of carbonyl (C=O) groups is 3. The number of quaternary nitrogens is 1. The van der Waals surface area contributed by atoms with E-state index in [0.29, 0.717) is 25.1 Å². The summed E-state index contributed by atoms with van der Waals surface area (Å²) in [6, 6.07) is -1.66. The van der Waals surface area contributed by atoms with Crippen LogP contribution in [-0.2, 0) is 20.8 Å². The number of carbonyl (C=O) groups excluding carboxylic acids is 3. The number of nitrogens with one attached hydrogen (secondary N) is 4. The molecule has 1 aromatic heterocycles. The monoisotopic (exact) mass is 425 g/mol. The van der Waals surface area contributed by atoms with Crippen molar-refractivity contribution in [3.05, 3.63) is 18.2 Å². The molecule has 4 atom stereocenters. The van der Waals surface area contributed by atoms with Gasteiger partial charge in [0.15, 0.2) is 6.29 Å². The normalized spacial score (nSPS) is 15.3. The number of primary amides is 1. The molecule has 1 aromatic rings. The van der Waals surface area contributed by atoms with Crippen molar-refractivity contribution in [2.75, 3.05) is 6.54 Å². The first-order chi connectivity index (χ1) is 14.1. The summed E-state index contributed by atoms with van der Waals surface area (Å²) in [5, 5.41) is 8.48.